The first-order chi connectivity index (χ1) is 10.3. The molecule has 0 aliphatic carbocycles. The van der Waals surface area contributed by atoms with Crippen molar-refractivity contribution in [3.05, 3.63) is 70.1 Å². The van der Waals surface area contributed by atoms with Crippen LogP contribution >= 0.6 is 0 Å². The number of aromatic nitrogens is 1. The highest BCUT2D eigenvalue weighted by molar-refractivity contribution is 5.32. The minimum atomic E-state index is 0.0548. The molecule has 2 N–H and O–H groups in total. The van der Waals surface area contributed by atoms with E-state index >= 15 is 0 Å². The second-order valence-electron chi connectivity index (χ2n) is 5.47. The minimum absolute atomic E-state index is 0.0548. The monoisotopic (exact) mass is 283 g/mol. The van der Waals surface area contributed by atoms with E-state index in [0.29, 0.717) is 13.1 Å². The third-order valence-electron chi connectivity index (χ3n) is 4.27. The van der Waals surface area contributed by atoms with Crippen molar-refractivity contribution in [2.75, 3.05) is 19.6 Å². The van der Waals surface area contributed by atoms with E-state index in [4.69, 9.17) is 5.73 Å². The van der Waals surface area contributed by atoms with Crippen LogP contribution in [0.15, 0.2) is 53.5 Å². The van der Waals surface area contributed by atoms with Crippen LogP contribution in [0.1, 0.15) is 17.2 Å². The minimum Gasteiger partial charge on any atom is -0.329 e. The van der Waals surface area contributed by atoms with Crippen LogP contribution in [0, 0.1) is 0 Å². The van der Waals surface area contributed by atoms with Gasteiger partial charge in [0.2, 0.25) is 0 Å². The molecule has 0 radical (unpaired) electrons. The summed E-state index contributed by atoms with van der Waals surface area (Å²) < 4.78 is 1.76. The summed E-state index contributed by atoms with van der Waals surface area (Å²) in [5.41, 5.74) is 8.80. The Morgan fingerprint density at radius 3 is 2.71 bits per heavy atom. The molecule has 0 fully saturated rings. The summed E-state index contributed by atoms with van der Waals surface area (Å²) >= 11 is 0. The average Bonchev–Trinajstić information content (AvgIpc) is 2.53. The summed E-state index contributed by atoms with van der Waals surface area (Å²) in [4.78, 5) is 14.2. The molecule has 0 spiro atoms. The molecule has 0 bridgehead atoms. The second-order valence-corrected chi connectivity index (χ2v) is 5.47. The largest absolute Gasteiger partial charge is 0.329 e. The molecule has 2 aromatic rings. The molecule has 1 aromatic heterocycles. The summed E-state index contributed by atoms with van der Waals surface area (Å²) in [7, 11) is 0. The van der Waals surface area contributed by atoms with Gasteiger partial charge >= 0.3 is 0 Å². The summed E-state index contributed by atoms with van der Waals surface area (Å²) in [6.07, 6.45) is 2.90. The smallest absolute Gasteiger partial charge is 0.250 e. The zero-order valence-electron chi connectivity index (χ0n) is 12.1. The van der Waals surface area contributed by atoms with E-state index in [0.717, 1.165) is 19.5 Å². The molecule has 21 heavy (non-hydrogen) atoms. The van der Waals surface area contributed by atoms with Gasteiger partial charge < -0.3 is 10.3 Å². The topological polar surface area (TPSA) is 51.3 Å². The lowest BCUT2D eigenvalue weighted by molar-refractivity contribution is 0.182. The molecule has 0 saturated carbocycles. The summed E-state index contributed by atoms with van der Waals surface area (Å²) in [5, 5.41) is 0. The standard InChI is InChI=1S/C17H21N3O/c18-13-16-15-6-2-1-5-14(15)8-10-19(16)11-12-20-9-4-3-7-17(20)21/h1-7,9,16H,8,10-13,18H2. The van der Waals surface area contributed by atoms with Gasteiger partial charge in [0.15, 0.2) is 0 Å². The molecule has 1 unspecified atom stereocenters. The Balaban J connectivity index is 1.75. The molecule has 110 valence electrons. The van der Waals surface area contributed by atoms with Gasteiger partial charge in [-0.15, -0.1) is 0 Å². The van der Waals surface area contributed by atoms with Crippen molar-refractivity contribution in [1.29, 1.82) is 0 Å². The zero-order valence-corrected chi connectivity index (χ0v) is 12.1. The maximum Gasteiger partial charge on any atom is 0.250 e. The lowest BCUT2D eigenvalue weighted by Gasteiger charge is -2.36. The highest BCUT2D eigenvalue weighted by atomic mass is 16.1. The first-order valence-corrected chi connectivity index (χ1v) is 7.47. The highest BCUT2D eigenvalue weighted by Gasteiger charge is 2.25. The predicted molar refractivity (Wildman–Crippen MR) is 84.2 cm³/mol. The van der Waals surface area contributed by atoms with Gasteiger partial charge in [-0.05, 0) is 23.6 Å². The molecule has 4 nitrogen and oxygen atoms in total. The number of hydrogen-bond donors (Lipinski definition) is 1. The Bertz CT molecular complexity index is 665. The maximum absolute atomic E-state index is 11.8. The van der Waals surface area contributed by atoms with Crippen LogP contribution in [-0.4, -0.2) is 29.1 Å². The van der Waals surface area contributed by atoms with Gasteiger partial charge in [-0.2, -0.15) is 0 Å². The fourth-order valence-electron chi connectivity index (χ4n) is 3.13. The van der Waals surface area contributed by atoms with E-state index in [2.05, 4.69) is 29.2 Å². The molecule has 1 aliphatic rings. The van der Waals surface area contributed by atoms with Crippen molar-refractivity contribution >= 4 is 0 Å². The number of pyridine rings is 1. The lowest BCUT2D eigenvalue weighted by atomic mass is 9.92. The van der Waals surface area contributed by atoms with Crippen LogP contribution in [0.3, 0.4) is 0 Å². The van der Waals surface area contributed by atoms with Gasteiger partial charge in [-0.1, -0.05) is 30.3 Å². The summed E-state index contributed by atoms with van der Waals surface area (Å²) in [6, 6.07) is 14.1. The van der Waals surface area contributed by atoms with E-state index in [1.165, 1.54) is 11.1 Å². The molecule has 2 heterocycles. The van der Waals surface area contributed by atoms with E-state index in [9.17, 15) is 4.79 Å². The number of benzene rings is 1. The third-order valence-corrected chi connectivity index (χ3v) is 4.27. The van der Waals surface area contributed by atoms with Crippen LogP contribution < -0.4 is 11.3 Å². The average molecular weight is 283 g/mol. The second kappa shape index (κ2) is 6.24. The number of nitrogens with two attached hydrogens (primary N) is 1. The Morgan fingerprint density at radius 2 is 1.90 bits per heavy atom. The van der Waals surface area contributed by atoms with Crippen molar-refractivity contribution < 1.29 is 0 Å². The van der Waals surface area contributed by atoms with E-state index < -0.39 is 0 Å². The molecule has 0 amide bonds. The molecule has 1 atom stereocenters. The van der Waals surface area contributed by atoms with Gasteiger partial charge in [-0.25, -0.2) is 0 Å². The van der Waals surface area contributed by atoms with Gasteiger partial charge in [0.1, 0.15) is 0 Å². The van der Waals surface area contributed by atoms with Gasteiger partial charge in [-0.3, -0.25) is 9.69 Å². The lowest BCUT2D eigenvalue weighted by Crippen LogP contribution is -2.41. The van der Waals surface area contributed by atoms with E-state index in [1.807, 2.05) is 12.3 Å². The van der Waals surface area contributed by atoms with E-state index in [1.54, 1.807) is 16.7 Å². The van der Waals surface area contributed by atoms with Crippen LogP contribution in [0.2, 0.25) is 0 Å². The third kappa shape index (κ3) is 2.91. The number of hydrogen-bond acceptors (Lipinski definition) is 3. The van der Waals surface area contributed by atoms with Crippen LogP contribution in [0.25, 0.3) is 0 Å². The first-order valence-electron chi connectivity index (χ1n) is 7.47. The van der Waals surface area contributed by atoms with Crippen LogP contribution in [-0.2, 0) is 13.0 Å². The van der Waals surface area contributed by atoms with Crippen molar-refractivity contribution in [3.63, 3.8) is 0 Å². The van der Waals surface area contributed by atoms with Crippen LogP contribution in [0.5, 0.6) is 0 Å². The normalized spacial score (nSPS) is 18.4. The Morgan fingerprint density at radius 1 is 1.10 bits per heavy atom. The van der Waals surface area contributed by atoms with Crippen molar-refractivity contribution in [1.82, 2.24) is 9.47 Å². The maximum atomic E-state index is 11.8. The molecular weight excluding hydrogens is 262 g/mol. The van der Waals surface area contributed by atoms with Gasteiger partial charge in [0.05, 0.1) is 0 Å². The molecule has 3 rings (SSSR count). The van der Waals surface area contributed by atoms with Gasteiger partial charge in [0, 0.05) is 44.5 Å². The fraction of sp³-hybridized carbons (Fsp3) is 0.353. The fourth-order valence-corrected chi connectivity index (χ4v) is 3.13. The van der Waals surface area contributed by atoms with E-state index in [-0.39, 0.29) is 11.6 Å². The Kier molecular flexibility index (Phi) is 4.18. The summed E-state index contributed by atoms with van der Waals surface area (Å²) in [5.74, 6) is 0. The first kappa shape index (κ1) is 14.0. The molecular formula is C17H21N3O. The zero-order chi connectivity index (χ0) is 14.7. The quantitative estimate of drug-likeness (QED) is 0.923. The molecule has 0 saturated heterocycles. The molecule has 1 aromatic carbocycles. The van der Waals surface area contributed by atoms with Crippen molar-refractivity contribution in [2.24, 2.45) is 5.73 Å². The number of fused-ring (bicyclic) bond motifs is 1. The highest BCUT2D eigenvalue weighted by Crippen LogP contribution is 2.28. The molecule has 1 aliphatic heterocycles. The van der Waals surface area contributed by atoms with Crippen LogP contribution in [0.4, 0.5) is 0 Å². The Hall–Kier alpha value is -1.91. The molecule has 4 heteroatoms. The predicted octanol–water partition coefficient (Wildman–Crippen LogP) is 1.41. The summed E-state index contributed by atoms with van der Waals surface area (Å²) in [6.45, 7) is 3.17. The number of rotatable bonds is 4. The van der Waals surface area contributed by atoms with Gasteiger partial charge in [0.25, 0.3) is 5.56 Å². The Labute approximate surface area is 124 Å². The van der Waals surface area contributed by atoms with Crippen molar-refractivity contribution in [3.8, 4) is 0 Å². The SMILES string of the molecule is NCC1c2ccccc2CCN1CCn1ccccc1=O. The van der Waals surface area contributed by atoms with Crippen molar-refractivity contribution in [2.45, 2.75) is 19.0 Å². The number of nitrogens with zero attached hydrogens (tertiary/aromatic N) is 2.